The molecule has 0 aliphatic carbocycles. The summed E-state index contributed by atoms with van der Waals surface area (Å²) in [4.78, 5) is 47.2. The van der Waals surface area contributed by atoms with E-state index in [4.69, 9.17) is 10.5 Å². The molecule has 1 aromatic heterocycles. The van der Waals surface area contributed by atoms with Crippen molar-refractivity contribution in [3.8, 4) is 0 Å². The van der Waals surface area contributed by atoms with Gasteiger partial charge in [-0.3, -0.25) is 14.4 Å². The van der Waals surface area contributed by atoms with Gasteiger partial charge in [-0.1, -0.05) is 5.21 Å². The van der Waals surface area contributed by atoms with E-state index in [1.807, 2.05) is 0 Å². The van der Waals surface area contributed by atoms with Gasteiger partial charge in [0.1, 0.15) is 5.69 Å². The van der Waals surface area contributed by atoms with E-state index in [2.05, 4.69) is 31.6 Å². The van der Waals surface area contributed by atoms with E-state index >= 15 is 0 Å². The first-order chi connectivity index (χ1) is 15.3. The molecule has 0 saturated heterocycles. The second kappa shape index (κ2) is 14.9. The maximum absolute atomic E-state index is 12.5. The minimum atomic E-state index is -0.678. The van der Waals surface area contributed by atoms with Crippen LogP contribution in [0.4, 0.5) is 4.79 Å². The van der Waals surface area contributed by atoms with Crippen LogP contribution in [-0.2, 0) is 32.2 Å². The Kier molecular flexibility index (Phi) is 12.5. The number of carbonyl (C=O) groups is 4. The number of hydrogen-bond donors (Lipinski definition) is 5. The molecule has 0 aliphatic heterocycles. The summed E-state index contributed by atoms with van der Waals surface area (Å²) in [5, 5.41) is 18.7. The average Bonchev–Trinajstić information content (AvgIpc) is 3.20. The molecule has 2 atom stereocenters. The Morgan fingerprint density at radius 2 is 1.94 bits per heavy atom. The smallest absolute Gasteiger partial charge is 0.312 e. The number of nitrogens with zero attached hydrogens (tertiary/aromatic N) is 3. The van der Waals surface area contributed by atoms with Gasteiger partial charge in [0.05, 0.1) is 38.0 Å². The molecule has 2 unspecified atom stereocenters. The number of likely N-dealkylation sites (N-methyl/N-ethyl adjacent to an activating group) is 1. The molecule has 180 valence electrons. The summed E-state index contributed by atoms with van der Waals surface area (Å²) in [5.74, 6) is -0.793. The summed E-state index contributed by atoms with van der Waals surface area (Å²) >= 11 is 0. The van der Waals surface area contributed by atoms with Crippen LogP contribution in [0, 0.1) is 0 Å². The summed E-state index contributed by atoms with van der Waals surface area (Å²) < 4.78 is 6.60. The standard InChI is InChI=1S/C19H34N8O5/c1-13(28)15(5-4-8-22-19(20)31)24-18(30)16(21-2)6-7-17(29)23-11-14-12-27(26-25-14)9-10-32-3/h12,15-16,21H,4-11H2,1-3H3,(H,23,29)(H,24,30)(H3,20,22,31). The zero-order chi connectivity index (χ0) is 23.9. The number of hydrogen-bond acceptors (Lipinski definition) is 8. The minimum absolute atomic E-state index is 0.115. The van der Waals surface area contributed by atoms with Crippen molar-refractivity contribution in [1.29, 1.82) is 0 Å². The molecule has 0 radical (unpaired) electrons. The number of ether oxygens (including phenoxy) is 1. The Hall–Kier alpha value is -3.06. The third-order valence-corrected chi connectivity index (χ3v) is 4.68. The fourth-order valence-corrected chi connectivity index (χ4v) is 2.84. The van der Waals surface area contributed by atoms with Gasteiger partial charge in [0.15, 0.2) is 5.78 Å². The first kappa shape index (κ1) is 27.0. The molecule has 4 amide bonds. The normalized spacial score (nSPS) is 12.6. The number of urea groups is 1. The summed E-state index contributed by atoms with van der Waals surface area (Å²) in [6.07, 6.45) is 2.94. The number of amides is 4. The molecule has 0 bridgehead atoms. The van der Waals surface area contributed by atoms with Crippen LogP contribution in [0.2, 0.25) is 0 Å². The van der Waals surface area contributed by atoms with E-state index in [0.29, 0.717) is 38.2 Å². The quantitative estimate of drug-likeness (QED) is 0.186. The maximum atomic E-state index is 12.5. The van der Waals surface area contributed by atoms with Crippen molar-refractivity contribution >= 4 is 23.6 Å². The number of methoxy groups -OCH3 is 1. The van der Waals surface area contributed by atoms with Crippen molar-refractivity contribution < 1.29 is 23.9 Å². The highest BCUT2D eigenvalue weighted by Gasteiger charge is 2.23. The Balaban J connectivity index is 2.41. The van der Waals surface area contributed by atoms with E-state index in [0.717, 1.165) is 0 Å². The van der Waals surface area contributed by atoms with Crippen LogP contribution in [0.1, 0.15) is 38.3 Å². The van der Waals surface area contributed by atoms with Crippen LogP contribution in [0.3, 0.4) is 0 Å². The van der Waals surface area contributed by atoms with Crippen LogP contribution >= 0.6 is 0 Å². The van der Waals surface area contributed by atoms with Crippen LogP contribution in [0.25, 0.3) is 0 Å². The maximum Gasteiger partial charge on any atom is 0.312 e. The van der Waals surface area contributed by atoms with Crippen LogP contribution in [0.15, 0.2) is 6.20 Å². The molecule has 32 heavy (non-hydrogen) atoms. The van der Waals surface area contributed by atoms with Crippen molar-refractivity contribution in [2.24, 2.45) is 5.73 Å². The van der Waals surface area contributed by atoms with Gasteiger partial charge in [-0.25, -0.2) is 9.48 Å². The number of carbonyl (C=O) groups excluding carboxylic acids is 4. The lowest BCUT2D eigenvalue weighted by molar-refractivity contribution is -0.128. The molecule has 1 heterocycles. The second-order valence-electron chi connectivity index (χ2n) is 7.23. The fourth-order valence-electron chi connectivity index (χ4n) is 2.84. The first-order valence-electron chi connectivity index (χ1n) is 10.4. The van der Waals surface area contributed by atoms with Gasteiger partial charge in [0.25, 0.3) is 0 Å². The fraction of sp³-hybridized carbons (Fsp3) is 0.684. The largest absolute Gasteiger partial charge is 0.383 e. The van der Waals surface area contributed by atoms with Gasteiger partial charge >= 0.3 is 6.03 Å². The minimum Gasteiger partial charge on any atom is -0.383 e. The van der Waals surface area contributed by atoms with Crippen molar-refractivity contribution in [2.45, 2.75) is 57.8 Å². The lowest BCUT2D eigenvalue weighted by Crippen LogP contribution is -2.49. The van der Waals surface area contributed by atoms with E-state index in [9.17, 15) is 19.2 Å². The number of rotatable bonds is 16. The molecular formula is C19H34N8O5. The zero-order valence-corrected chi connectivity index (χ0v) is 18.8. The summed E-state index contributed by atoms with van der Waals surface area (Å²) in [5.41, 5.74) is 5.62. The van der Waals surface area contributed by atoms with Crippen molar-refractivity contribution in [1.82, 2.24) is 36.3 Å². The van der Waals surface area contributed by atoms with E-state index in [1.165, 1.54) is 6.92 Å². The molecule has 13 nitrogen and oxygen atoms in total. The molecule has 0 aliphatic rings. The number of ketones is 1. The Bertz CT molecular complexity index is 754. The highest BCUT2D eigenvalue weighted by Crippen LogP contribution is 2.03. The van der Waals surface area contributed by atoms with Gasteiger partial charge in [0.2, 0.25) is 11.8 Å². The second-order valence-corrected chi connectivity index (χ2v) is 7.23. The van der Waals surface area contributed by atoms with Crippen LogP contribution in [0.5, 0.6) is 0 Å². The number of Topliss-reactive ketones (excluding diaryl/α,β-unsaturated/α-hetero) is 1. The van der Waals surface area contributed by atoms with E-state index < -0.39 is 18.1 Å². The van der Waals surface area contributed by atoms with Gasteiger partial charge in [-0.05, 0) is 33.2 Å². The molecule has 0 fully saturated rings. The molecule has 1 rings (SSSR count). The third kappa shape index (κ3) is 10.8. The van der Waals surface area contributed by atoms with Crippen molar-refractivity contribution in [3.63, 3.8) is 0 Å². The Morgan fingerprint density at radius 1 is 1.19 bits per heavy atom. The van der Waals surface area contributed by atoms with Crippen molar-refractivity contribution in [3.05, 3.63) is 11.9 Å². The number of nitrogens with one attached hydrogen (secondary N) is 4. The van der Waals surface area contributed by atoms with E-state index in [1.54, 1.807) is 25.0 Å². The number of primary amides is 1. The molecule has 0 spiro atoms. The highest BCUT2D eigenvalue weighted by molar-refractivity contribution is 5.90. The SMILES string of the molecule is CNC(CCC(=O)NCc1cn(CCOC)nn1)C(=O)NC(CCCNC(N)=O)C(C)=O. The summed E-state index contributed by atoms with van der Waals surface area (Å²) in [6.45, 7) is 3.01. The van der Waals surface area contributed by atoms with Crippen LogP contribution < -0.4 is 27.0 Å². The third-order valence-electron chi connectivity index (χ3n) is 4.68. The molecule has 1 aromatic rings. The molecular weight excluding hydrogens is 420 g/mol. The number of aromatic nitrogens is 3. The molecule has 6 N–H and O–H groups in total. The predicted octanol–water partition coefficient (Wildman–Crippen LogP) is -1.57. The van der Waals surface area contributed by atoms with Gasteiger partial charge in [0, 0.05) is 20.1 Å². The van der Waals surface area contributed by atoms with Crippen molar-refractivity contribution in [2.75, 3.05) is 27.3 Å². The molecule has 0 saturated carbocycles. The highest BCUT2D eigenvalue weighted by atomic mass is 16.5. The average molecular weight is 455 g/mol. The van der Waals surface area contributed by atoms with Gasteiger partial charge < -0.3 is 31.7 Å². The first-order valence-corrected chi connectivity index (χ1v) is 10.4. The Labute approximate surface area is 187 Å². The van der Waals surface area contributed by atoms with E-state index in [-0.39, 0.29) is 37.0 Å². The van der Waals surface area contributed by atoms with Crippen LogP contribution in [-0.4, -0.2) is 78.0 Å². The summed E-state index contributed by atoms with van der Waals surface area (Å²) in [7, 11) is 3.21. The predicted molar refractivity (Wildman–Crippen MR) is 115 cm³/mol. The molecule has 0 aromatic carbocycles. The molecule has 13 heteroatoms. The Morgan fingerprint density at radius 3 is 2.56 bits per heavy atom. The topological polar surface area (TPSA) is 182 Å². The monoisotopic (exact) mass is 454 g/mol. The zero-order valence-electron chi connectivity index (χ0n) is 18.8. The van der Waals surface area contributed by atoms with Gasteiger partial charge in [-0.2, -0.15) is 0 Å². The summed E-state index contributed by atoms with van der Waals surface area (Å²) in [6, 6.07) is -1.96. The lowest BCUT2D eigenvalue weighted by Gasteiger charge is -2.21. The van der Waals surface area contributed by atoms with Gasteiger partial charge in [-0.15, -0.1) is 5.10 Å². The lowest BCUT2D eigenvalue weighted by atomic mass is 10.1. The number of nitrogens with two attached hydrogens (primary N) is 1.